The van der Waals surface area contributed by atoms with Crippen LogP contribution < -0.4 is 10.6 Å². The SMILES string of the molecule is CNCC1(C(NC)c2cc[nH]c2)CCC1. The maximum atomic E-state index is 3.47. The maximum absolute atomic E-state index is 3.47. The zero-order valence-corrected chi connectivity index (χ0v) is 9.64. The normalized spacial score (nSPS) is 20.9. The van der Waals surface area contributed by atoms with Crippen molar-refractivity contribution in [2.24, 2.45) is 5.41 Å². The molecular formula is C12H21N3. The topological polar surface area (TPSA) is 39.8 Å². The lowest BCUT2D eigenvalue weighted by Crippen LogP contribution is -2.47. The van der Waals surface area contributed by atoms with Crippen LogP contribution in [0.5, 0.6) is 0 Å². The summed E-state index contributed by atoms with van der Waals surface area (Å²) < 4.78 is 0. The molecule has 0 aromatic carbocycles. The average Bonchev–Trinajstić information content (AvgIpc) is 2.68. The van der Waals surface area contributed by atoms with Crippen LogP contribution in [0.1, 0.15) is 30.9 Å². The molecule has 3 nitrogen and oxygen atoms in total. The molecule has 1 fully saturated rings. The first kappa shape index (κ1) is 10.7. The van der Waals surface area contributed by atoms with Gasteiger partial charge in [-0.15, -0.1) is 0 Å². The van der Waals surface area contributed by atoms with E-state index in [1.165, 1.54) is 24.8 Å². The Balaban J connectivity index is 2.17. The molecule has 84 valence electrons. The standard InChI is InChI=1S/C12H21N3/c1-13-9-12(5-3-6-12)11(14-2)10-4-7-15-8-10/h4,7-8,11,13-15H,3,5-6,9H2,1-2H3. The van der Waals surface area contributed by atoms with E-state index in [-0.39, 0.29) is 0 Å². The third kappa shape index (κ3) is 1.82. The van der Waals surface area contributed by atoms with Crippen LogP contribution in [0.3, 0.4) is 0 Å². The molecule has 15 heavy (non-hydrogen) atoms. The lowest BCUT2D eigenvalue weighted by Gasteiger charge is -2.47. The van der Waals surface area contributed by atoms with Gasteiger partial charge in [0.15, 0.2) is 0 Å². The third-order valence-corrected chi connectivity index (χ3v) is 3.73. The summed E-state index contributed by atoms with van der Waals surface area (Å²) in [4.78, 5) is 3.15. The summed E-state index contributed by atoms with van der Waals surface area (Å²) >= 11 is 0. The first-order valence-corrected chi connectivity index (χ1v) is 5.77. The largest absolute Gasteiger partial charge is 0.367 e. The Morgan fingerprint density at radius 3 is 2.67 bits per heavy atom. The van der Waals surface area contributed by atoms with Gasteiger partial charge in [-0.2, -0.15) is 0 Å². The lowest BCUT2D eigenvalue weighted by atomic mass is 9.62. The van der Waals surface area contributed by atoms with Gasteiger partial charge in [0.1, 0.15) is 0 Å². The van der Waals surface area contributed by atoms with Gasteiger partial charge in [0.2, 0.25) is 0 Å². The van der Waals surface area contributed by atoms with Crippen LogP contribution in [0, 0.1) is 5.41 Å². The number of H-pyrrole nitrogens is 1. The van der Waals surface area contributed by atoms with Crippen molar-refractivity contribution in [3.8, 4) is 0 Å². The number of hydrogen-bond acceptors (Lipinski definition) is 2. The van der Waals surface area contributed by atoms with E-state index in [0.29, 0.717) is 11.5 Å². The second-order valence-corrected chi connectivity index (χ2v) is 4.61. The van der Waals surface area contributed by atoms with Crippen molar-refractivity contribution in [3.63, 3.8) is 0 Å². The Bertz CT molecular complexity index is 288. The Kier molecular flexibility index (Phi) is 3.12. The highest BCUT2D eigenvalue weighted by atomic mass is 14.9. The third-order valence-electron chi connectivity index (χ3n) is 3.73. The number of aromatic nitrogens is 1. The molecule has 3 heteroatoms. The molecule has 1 heterocycles. The predicted molar refractivity (Wildman–Crippen MR) is 62.8 cm³/mol. The number of rotatable bonds is 5. The van der Waals surface area contributed by atoms with E-state index in [1.54, 1.807) is 0 Å². The van der Waals surface area contributed by atoms with E-state index in [0.717, 1.165) is 6.54 Å². The van der Waals surface area contributed by atoms with Crippen LogP contribution in [-0.4, -0.2) is 25.6 Å². The fourth-order valence-corrected chi connectivity index (χ4v) is 2.89. The fraction of sp³-hybridized carbons (Fsp3) is 0.667. The molecule has 0 bridgehead atoms. The quantitative estimate of drug-likeness (QED) is 0.687. The molecule has 1 aliphatic carbocycles. The molecule has 1 unspecified atom stereocenters. The summed E-state index contributed by atoms with van der Waals surface area (Å²) in [6.45, 7) is 1.10. The molecule has 2 rings (SSSR count). The fourth-order valence-electron chi connectivity index (χ4n) is 2.89. The number of aromatic amines is 1. The highest BCUT2D eigenvalue weighted by Crippen LogP contribution is 2.49. The van der Waals surface area contributed by atoms with Crippen molar-refractivity contribution in [1.29, 1.82) is 0 Å². The van der Waals surface area contributed by atoms with Crippen LogP contribution in [0.2, 0.25) is 0 Å². The van der Waals surface area contributed by atoms with Crippen molar-refractivity contribution < 1.29 is 0 Å². The predicted octanol–water partition coefficient (Wildman–Crippen LogP) is 1.66. The minimum absolute atomic E-state index is 0.422. The first-order chi connectivity index (χ1) is 7.32. The molecule has 0 radical (unpaired) electrons. The second-order valence-electron chi connectivity index (χ2n) is 4.61. The molecule has 1 saturated carbocycles. The Hall–Kier alpha value is -0.800. The highest BCUT2D eigenvalue weighted by Gasteiger charge is 2.43. The summed E-state index contributed by atoms with van der Waals surface area (Å²) in [6.07, 6.45) is 8.13. The average molecular weight is 207 g/mol. The van der Waals surface area contributed by atoms with Gasteiger partial charge in [0, 0.05) is 30.4 Å². The molecule has 3 N–H and O–H groups in total. The molecule has 0 aliphatic heterocycles. The first-order valence-electron chi connectivity index (χ1n) is 5.77. The van der Waals surface area contributed by atoms with E-state index < -0.39 is 0 Å². The van der Waals surface area contributed by atoms with Crippen LogP contribution in [0.4, 0.5) is 0 Å². The summed E-state index contributed by atoms with van der Waals surface area (Å²) in [5.74, 6) is 0. The Labute approximate surface area is 91.7 Å². The molecule has 0 spiro atoms. The summed E-state index contributed by atoms with van der Waals surface area (Å²) in [5.41, 5.74) is 1.80. The van der Waals surface area contributed by atoms with Crippen LogP contribution in [0.15, 0.2) is 18.5 Å². The zero-order chi connectivity index (χ0) is 10.7. The van der Waals surface area contributed by atoms with Gasteiger partial charge in [-0.3, -0.25) is 0 Å². The highest BCUT2D eigenvalue weighted by molar-refractivity contribution is 5.19. The molecular weight excluding hydrogens is 186 g/mol. The van der Waals surface area contributed by atoms with Crippen molar-refractivity contribution in [1.82, 2.24) is 15.6 Å². The van der Waals surface area contributed by atoms with E-state index in [2.05, 4.69) is 34.9 Å². The number of hydrogen-bond donors (Lipinski definition) is 3. The molecule has 1 aliphatic rings. The molecule has 0 saturated heterocycles. The zero-order valence-electron chi connectivity index (χ0n) is 9.64. The summed E-state index contributed by atoms with van der Waals surface area (Å²) in [6, 6.07) is 2.65. The van der Waals surface area contributed by atoms with E-state index >= 15 is 0 Å². The van der Waals surface area contributed by atoms with Crippen molar-refractivity contribution >= 4 is 0 Å². The van der Waals surface area contributed by atoms with Crippen LogP contribution in [-0.2, 0) is 0 Å². The van der Waals surface area contributed by atoms with E-state index in [4.69, 9.17) is 0 Å². The molecule has 1 aromatic rings. The smallest absolute Gasteiger partial charge is 0.0402 e. The maximum Gasteiger partial charge on any atom is 0.0402 e. The van der Waals surface area contributed by atoms with Gasteiger partial charge in [-0.25, -0.2) is 0 Å². The van der Waals surface area contributed by atoms with Crippen molar-refractivity contribution in [2.45, 2.75) is 25.3 Å². The van der Waals surface area contributed by atoms with Crippen molar-refractivity contribution in [3.05, 3.63) is 24.0 Å². The molecule has 1 atom stereocenters. The molecule has 0 amide bonds. The van der Waals surface area contributed by atoms with Gasteiger partial charge >= 0.3 is 0 Å². The van der Waals surface area contributed by atoms with Gasteiger partial charge < -0.3 is 15.6 Å². The van der Waals surface area contributed by atoms with Gasteiger partial charge in [0.25, 0.3) is 0 Å². The van der Waals surface area contributed by atoms with Crippen molar-refractivity contribution in [2.75, 3.05) is 20.6 Å². The van der Waals surface area contributed by atoms with Gasteiger partial charge in [-0.05, 0) is 38.6 Å². The summed E-state index contributed by atoms with van der Waals surface area (Å²) in [7, 11) is 4.11. The minimum atomic E-state index is 0.422. The Morgan fingerprint density at radius 2 is 2.27 bits per heavy atom. The van der Waals surface area contributed by atoms with Gasteiger partial charge in [-0.1, -0.05) is 6.42 Å². The minimum Gasteiger partial charge on any atom is -0.367 e. The Morgan fingerprint density at radius 1 is 1.47 bits per heavy atom. The van der Waals surface area contributed by atoms with Crippen LogP contribution >= 0.6 is 0 Å². The van der Waals surface area contributed by atoms with Crippen LogP contribution in [0.25, 0.3) is 0 Å². The number of nitrogens with one attached hydrogen (secondary N) is 3. The monoisotopic (exact) mass is 207 g/mol. The van der Waals surface area contributed by atoms with Gasteiger partial charge in [0.05, 0.1) is 0 Å². The lowest BCUT2D eigenvalue weighted by molar-refractivity contribution is 0.0789. The second kappa shape index (κ2) is 4.37. The summed E-state index contributed by atoms with van der Waals surface area (Å²) in [5, 5.41) is 6.81. The molecule has 1 aromatic heterocycles. The van der Waals surface area contributed by atoms with E-state index in [9.17, 15) is 0 Å². The van der Waals surface area contributed by atoms with E-state index in [1.807, 2.05) is 13.2 Å².